The summed E-state index contributed by atoms with van der Waals surface area (Å²) in [6, 6.07) is 19.8. The van der Waals surface area contributed by atoms with Crippen LogP contribution in [-0.4, -0.2) is 19.6 Å². The van der Waals surface area contributed by atoms with Crippen LogP contribution in [-0.2, 0) is 4.79 Å². The fourth-order valence-corrected chi connectivity index (χ4v) is 2.31. The zero-order chi connectivity index (χ0) is 18.4. The smallest absolute Gasteiger partial charge is 0.264 e. The van der Waals surface area contributed by atoms with Crippen molar-refractivity contribution in [2.24, 2.45) is 0 Å². The lowest BCUT2D eigenvalue weighted by Gasteiger charge is -2.06. The van der Waals surface area contributed by atoms with Gasteiger partial charge in [0.25, 0.3) is 5.91 Å². The van der Waals surface area contributed by atoms with E-state index >= 15 is 0 Å². The summed E-state index contributed by atoms with van der Waals surface area (Å²) in [4.78, 5) is 12.1. The number of amides is 1. The summed E-state index contributed by atoms with van der Waals surface area (Å²) in [7, 11) is 1.57. The molecule has 3 rings (SSSR count). The Kier molecular flexibility index (Phi) is 5.20. The van der Waals surface area contributed by atoms with Crippen LogP contribution in [0.4, 0.5) is 5.88 Å². The van der Waals surface area contributed by atoms with E-state index in [1.54, 1.807) is 37.4 Å². The number of hydrogen-bond donors (Lipinski definition) is 1. The molecule has 0 aliphatic carbocycles. The Morgan fingerprint density at radius 1 is 1.12 bits per heavy atom. The monoisotopic (exact) mass is 348 g/mol. The number of nitrogens with zero attached hydrogens (tertiary/aromatic N) is 1. The average molecular weight is 348 g/mol. The molecule has 130 valence electrons. The highest BCUT2D eigenvalue weighted by Crippen LogP contribution is 2.30. The van der Waals surface area contributed by atoms with Gasteiger partial charge in [-0.2, -0.15) is 5.26 Å². The SMILES string of the molecule is COc1cccc(-c2cc(C#N)c(NC(=O)COc3ccccc3)o2)c1. The van der Waals surface area contributed by atoms with Crippen molar-refractivity contribution in [3.05, 3.63) is 66.2 Å². The number of ether oxygens (including phenoxy) is 2. The minimum Gasteiger partial charge on any atom is -0.497 e. The molecule has 6 nitrogen and oxygen atoms in total. The predicted octanol–water partition coefficient (Wildman–Crippen LogP) is 3.84. The molecule has 0 aliphatic heterocycles. The highest BCUT2D eigenvalue weighted by molar-refractivity contribution is 5.92. The number of anilines is 1. The van der Waals surface area contributed by atoms with Gasteiger partial charge >= 0.3 is 0 Å². The van der Waals surface area contributed by atoms with Crippen LogP contribution >= 0.6 is 0 Å². The van der Waals surface area contributed by atoms with Crippen LogP contribution in [0.15, 0.2) is 65.1 Å². The van der Waals surface area contributed by atoms with Crippen molar-refractivity contribution in [3.63, 3.8) is 0 Å². The van der Waals surface area contributed by atoms with E-state index in [9.17, 15) is 10.1 Å². The maximum Gasteiger partial charge on any atom is 0.264 e. The molecule has 3 aromatic rings. The maximum atomic E-state index is 12.1. The summed E-state index contributed by atoms with van der Waals surface area (Å²) in [5.74, 6) is 1.38. The van der Waals surface area contributed by atoms with Gasteiger partial charge < -0.3 is 13.9 Å². The average Bonchev–Trinajstić information content (AvgIpc) is 3.10. The summed E-state index contributed by atoms with van der Waals surface area (Å²) < 4.78 is 16.2. The van der Waals surface area contributed by atoms with Gasteiger partial charge in [0.2, 0.25) is 5.88 Å². The van der Waals surface area contributed by atoms with E-state index in [1.807, 2.05) is 36.4 Å². The number of carbonyl (C=O) groups is 1. The molecule has 1 heterocycles. The highest BCUT2D eigenvalue weighted by atomic mass is 16.5. The molecule has 1 aromatic heterocycles. The second-order valence-electron chi connectivity index (χ2n) is 5.35. The first-order valence-corrected chi connectivity index (χ1v) is 7.85. The number of benzene rings is 2. The van der Waals surface area contributed by atoms with Crippen molar-refractivity contribution in [1.29, 1.82) is 5.26 Å². The minimum absolute atomic E-state index is 0.0898. The van der Waals surface area contributed by atoms with Gasteiger partial charge in [-0.05, 0) is 24.3 Å². The van der Waals surface area contributed by atoms with Gasteiger partial charge in [-0.15, -0.1) is 0 Å². The van der Waals surface area contributed by atoms with Crippen LogP contribution in [0.25, 0.3) is 11.3 Å². The zero-order valence-corrected chi connectivity index (χ0v) is 14.1. The Morgan fingerprint density at radius 3 is 2.62 bits per heavy atom. The van der Waals surface area contributed by atoms with E-state index in [-0.39, 0.29) is 18.1 Å². The van der Waals surface area contributed by atoms with Crippen LogP contribution < -0.4 is 14.8 Å². The zero-order valence-electron chi connectivity index (χ0n) is 14.1. The highest BCUT2D eigenvalue weighted by Gasteiger charge is 2.15. The summed E-state index contributed by atoms with van der Waals surface area (Å²) in [5.41, 5.74) is 0.970. The number of carbonyl (C=O) groups excluding carboxylic acids is 1. The van der Waals surface area contributed by atoms with Gasteiger partial charge in [0.05, 0.1) is 7.11 Å². The molecular weight excluding hydrogens is 332 g/mol. The summed E-state index contributed by atoms with van der Waals surface area (Å²) >= 11 is 0. The molecule has 0 unspecified atom stereocenters. The standard InChI is InChI=1S/C20H16N2O4/c1-24-17-9-5-6-14(10-17)18-11-15(12-21)20(26-18)22-19(23)13-25-16-7-3-2-4-8-16/h2-11H,13H2,1H3,(H,22,23). The molecule has 0 saturated carbocycles. The number of nitrogens with one attached hydrogen (secondary N) is 1. The van der Waals surface area contributed by atoms with E-state index in [0.29, 0.717) is 17.3 Å². The second-order valence-corrected chi connectivity index (χ2v) is 5.35. The third-order valence-electron chi connectivity index (χ3n) is 3.57. The number of para-hydroxylation sites is 1. The fourth-order valence-electron chi connectivity index (χ4n) is 2.31. The summed E-state index contributed by atoms with van der Waals surface area (Å²) in [5, 5.41) is 11.8. The first-order chi connectivity index (χ1) is 12.7. The predicted molar refractivity (Wildman–Crippen MR) is 96.0 cm³/mol. The van der Waals surface area contributed by atoms with E-state index in [1.165, 1.54) is 0 Å². The van der Waals surface area contributed by atoms with Crippen molar-refractivity contribution in [2.75, 3.05) is 19.0 Å². The number of furan rings is 1. The lowest BCUT2D eigenvalue weighted by Crippen LogP contribution is -2.20. The van der Waals surface area contributed by atoms with Gasteiger partial charge in [0.1, 0.15) is 28.9 Å². The van der Waals surface area contributed by atoms with Crippen molar-refractivity contribution in [3.8, 4) is 28.9 Å². The molecule has 0 fully saturated rings. The normalized spacial score (nSPS) is 10.0. The third kappa shape index (κ3) is 4.02. The van der Waals surface area contributed by atoms with Gasteiger partial charge in [-0.25, -0.2) is 0 Å². The third-order valence-corrected chi connectivity index (χ3v) is 3.57. The van der Waals surface area contributed by atoms with Crippen LogP contribution in [0.1, 0.15) is 5.56 Å². The largest absolute Gasteiger partial charge is 0.497 e. The number of methoxy groups -OCH3 is 1. The first kappa shape index (κ1) is 17.1. The van der Waals surface area contributed by atoms with Crippen LogP contribution in [0.2, 0.25) is 0 Å². The molecule has 0 atom stereocenters. The molecule has 1 amide bonds. The van der Waals surface area contributed by atoms with Gasteiger partial charge in [-0.3, -0.25) is 10.1 Å². The number of rotatable bonds is 6. The Balaban J connectivity index is 1.72. The van der Waals surface area contributed by atoms with E-state index in [2.05, 4.69) is 5.32 Å². The van der Waals surface area contributed by atoms with Gasteiger partial charge in [-0.1, -0.05) is 30.3 Å². The van der Waals surface area contributed by atoms with Gasteiger partial charge in [0.15, 0.2) is 6.61 Å². The van der Waals surface area contributed by atoms with E-state index in [4.69, 9.17) is 13.9 Å². The summed E-state index contributed by atoms with van der Waals surface area (Å²) in [6.45, 7) is -0.190. The maximum absolute atomic E-state index is 12.1. The van der Waals surface area contributed by atoms with Gasteiger partial charge in [0, 0.05) is 11.6 Å². The molecule has 2 aromatic carbocycles. The number of nitriles is 1. The van der Waals surface area contributed by atoms with Crippen molar-refractivity contribution < 1.29 is 18.7 Å². The fraction of sp³-hybridized carbons (Fsp3) is 0.100. The topological polar surface area (TPSA) is 84.5 Å². The minimum atomic E-state index is -0.420. The van der Waals surface area contributed by atoms with E-state index < -0.39 is 5.91 Å². The number of hydrogen-bond acceptors (Lipinski definition) is 5. The molecular formula is C20H16N2O4. The Morgan fingerprint density at radius 2 is 1.88 bits per heavy atom. The van der Waals surface area contributed by atoms with Crippen molar-refractivity contribution in [2.45, 2.75) is 0 Å². The quantitative estimate of drug-likeness (QED) is 0.731. The Hall–Kier alpha value is -3.72. The summed E-state index contributed by atoms with van der Waals surface area (Å²) in [6.07, 6.45) is 0. The van der Waals surface area contributed by atoms with E-state index in [0.717, 1.165) is 5.56 Å². The second kappa shape index (κ2) is 7.90. The van der Waals surface area contributed by atoms with Crippen molar-refractivity contribution in [1.82, 2.24) is 0 Å². The molecule has 1 N–H and O–H groups in total. The molecule has 0 saturated heterocycles. The van der Waals surface area contributed by atoms with Crippen LogP contribution in [0, 0.1) is 11.3 Å². The lowest BCUT2D eigenvalue weighted by atomic mass is 10.1. The van der Waals surface area contributed by atoms with Crippen LogP contribution in [0.3, 0.4) is 0 Å². The van der Waals surface area contributed by atoms with Crippen molar-refractivity contribution >= 4 is 11.8 Å². The molecule has 26 heavy (non-hydrogen) atoms. The van der Waals surface area contributed by atoms with Crippen LogP contribution in [0.5, 0.6) is 11.5 Å². The first-order valence-electron chi connectivity index (χ1n) is 7.85. The Labute approximate surface area is 150 Å². The molecule has 0 bridgehead atoms. The molecule has 6 heteroatoms. The molecule has 0 aliphatic rings. The Bertz CT molecular complexity index is 942. The molecule has 0 radical (unpaired) electrons. The molecule has 0 spiro atoms. The lowest BCUT2D eigenvalue weighted by molar-refractivity contribution is -0.118.